The molecule has 5 rings (SSSR count). The van der Waals surface area contributed by atoms with Gasteiger partial charge in [-0.05, 0) is 148 Å². The number of hydrogen-bond donors (Lipinski definition) is 0. The van der Waals surface area contributed by atoms with E-state index >= 15 is 0 Å². The van der Waals surface area contributed by atoms with E-state index in [1.54, 1.807) is 11.3 Å². The number of unbranched alkanes of at least 4 members (excludes halogenated alkanes) is 7. The van der Waals surface area contributed by atoms with Crippen LogP contribution in [0.2, 0.25) is 0 Å². The molecular weight excluding hydrogens is 721 g/mol. The lowest BCUT2D eigenvalue weighted by atomic mass is 10.1. The number of terminal acetylenes is 1. The van der Waals surface area contributed by atoms with Gasteiger partial charge >= 0.3 is 0 Å². The van der Waals surface area contributed by atoms with Crippen molar-refractivity contribution in [1.29, 1.82) is 0 Å². The second-order valence-electron chi connectivity index (χ2n) is 12.0. The normalized spacial score (nSPS) is 8.86. The lowest BCUT2D eigenvalue weighted by Crippen LogP contribution is -1.97. The van der Waals surface area contributed by atoms with Crippen LogP contribution in [0.1, 0.15) is 72.6 Å². The Morgan fingerprint density at radius 2 is 0.893 bits per heavy atom. The van der Waals surface area contributed by atoms with Crippen LogP contribution in [-0.4, -0.2) is 6.61 Å². The number of thiophene rings is 2. The van der Waals surface area contributed by atoms with E-state index in [4.69, 9.17) is 15.9 Å². The predicted molar refractivity (Wildman–Crippen MR) is 257 cm³/mol. The lowest BCUT2D eigenvalue weighted by Gasteiger charge is -2.07. The summed E-state index contributed by atoms with van der Waals surface area (Å²) in [6, 6.07) is 25.6. The molecule has 2 nitrogen and oxygen atoms in total. The predicted octanol–water partition coefficient (Wildman–Crippen LogP) is 13.4. The van der Waals surface area contributed by atoms with Crippen molar-refractivity contribution in [2.45, 2.75) is 58.3 Å². The first-order valence-corrected chi connectivity index (χ1v) is 19.8. The van der Waals surface area contributed by atoms with Crippen molar-refractivity contribution in [2.24, 2.45) is 0 Å². The highest BCUT2D eigenvalue weighted by Crippen LogP contribution is 2.40. The van der Waals surface area contributed by atoms with Crippen LogP contribution in [0.3, 0.4) is 0 Å². The minimum absolute atomic E-state index is 0. The molecule has 0 saturated heterocycles. The monoisotopic (exact) mass is 774 g/mol. The van der Waals surface area contributed by atoms with Gasteiger partial charge in [-0.3, -0.25) is 0 Å². The molecule has 2 aromatic heterocycles. The van der Waals surface area contributed by atoms with Crippen LogP contribution in [-0.2, 0) is 0 Å². The van der Waals surface area contributed by atoms with E-state index in [0.29, 0.717) is 5.75 Å². The van der Waals surface area contributed by atoms with Gasteiger partial charge in [-0.25, -0.2) is 0 Å². The maximum atomic E-state index is 6.03. The number of ether oxygens (including phenoxy) is 2. The van der Waals surface area contributed by atoms with Crippen molar-refractivity contribution in [3.63, 3.8) is 0 Å². The van der Waals surface area contributed by atoms with Crippen LogP contribution in [0, 0.1) is 119 Å². The summed E-state index contributed by atoms with van der Waals surface area (Å²) in [7, 11) is 0. The molecule has 3 aromatic carbocycles. The number of rotatable bonds is 13. The van der Waals surface area contributed by atoms with Crippen molar-refractivity contribution in [2.75, 3.05) is 6.61 Å². The molecule has 0 atom stereocenters. The van der Waals surface area contributed by atoms with Gasteiger partial charge in [0, 0.05) is 92.6 Å². The molecule has 56 heavy (non-hydrogen) atoms. The summed E-state index contributed by atoms with van der Waals surface area (Å²) < 4.78 is 14.1. The third-order valence-corrected chi connectivity index (χ3v) is 10.3. The topological polar surface area (TPSA) is 18.5 Å². The quantitative estimate of drug-likeness (QED) is 0.0876. The van der Waals surface area contributed by atoms with E-state index < -0.39 is 0 Å². The average Bonchev–Trinajstić information content (AvgIpc) is 3.84. The van der Waals surface area contributed by atoms with Gasteiger partial charge in [0.25, 0.3) is 0 Å². The van der Waals surface area contributed by atoms with Gasteiger partial charge in [-0.2, -0.15) is 0 Å². The van der Waals surface area contributed by atoms with Crippen LogP contribution < -0.4 is 9.47 Å². The zero-order valence-corrected chi connectivity index (χ0v) is 32.6. The molecule has 0 aliphatic heterocycles. The average molecular weight is 775 g/mol. The van der Waals surface area contributed by atoms with Crippen LogP contribution in [0.4, 0.5) is 0 Å². The summed E-state index contributed by atoms with van der Waals surface area (Å²) in [4.78, 5) is 2.46. The van der Waals surface area contributed by atoms with Crippen LogP contribution in [0.5, 0.6) is 11.5 Å². The SMILES string of the molecule is C#CC#CC#CC#CC#CC#CC#CC#CC#CC#COc1ccc(-c2cc3cc4sc(-c5ccc(OCCCCCCCCCC)cc5)cc4cc3s2)cc1.[HH].[HH].[HH].[HH].[HH].[HH].[HH].[HH].[HH].[HH]. The summed E-state index contributed by atoms with van der Waals surface area (Å²) >= 11 is 3.61. The van der Waals surface area contributed by atoms with Crippen LogP contribution in [0.25, 0.3) is 41.1 Å². The number of hydrogen-bond acceptors (Lipinski definition) is 4. The molecule has 0 N–H and O–H groups in total. The van der Waals surface area contributed by atoms with Crippen molar-refractivity contribution in [3.8, 4) is 151 Å². The minimum atomic E-state index is 0. The van der Waals surface area contributed by atoms with E-state index in [-0.39, 0.29) is 14.3 Å². The van der Waals surface area contributed by atoms with E-state index in [2.05, 4.69) is 168 Å². The highest BCUT2D eigenvalue weighted by molar-refractivity contribution is 7.23. The number of benzene rings is 3. The molecule has 2 heterocycles. The maximum Gasteiger partial charge on any atom is 0.140 e. The minimum Gasteiger partial charge on any atom is -0.494 e. The lowest BCUT2D eigenvalue weighted by molar-refractivity contribution is 0.304. The fourth-order valence-corrected chi connectivity index (χ4v) is 7.50. The Hall–Kier alpha value is -7.22. The standard InChI is InChI=1S/C52H34O2S2.10H2/c1-3-5-7-9-11-13-14-15-16-17-18-19-20-21-22-24-26-28-38-54-48-35-31-44(32-36-48)50-40-46-42-51-45(41-52(46)56-50)39-49(55-51)43-29-33-47(34-30-43)53-37-27-25-23-12-10-8-6-4-2;;;;;;;;;;/h1,29-36,39-42H,4,6,8,10,12,23,25,27,37H2,2H3;10*1H. The Kier molecular flexibility index (Phi) is 16.7. The third-order valence-electron chi connectivity index (χ3n) is 7.99. The smallest absolute Gasteiger partial charge is 0.140 e. The van der Waals surface area contributed by atoms with E-state index in [1.807, 2.05) is 35.6 Å². The molecule has 0 saturated carbocycles. The van der Waals surface area contributed by atoms with Crippen molar-refractivity contribution in [3.05, 3.63) is 72.8 Å². The fourth-order valence-electron chi connectivity index (χ4n) is 5.30. The highest BCUT2D eigenvalue weighted by Gasteiger charge is 2.10. The molecule has 0 amide bonds. The number of fused-ring (bicyclic) bond motifs is 2. The van der Waals surface area contributed by atoms with Gasteiger partial charge in [0.05, 0.1) is 6.61 Å². The largest absolute Gasteiger partial charge is 0.494 e. The van der Waals surface area contributed by atoms with Crippen molar-refractivity contribution in [1.82, 2.24) is 0 Å². The summed E-state index contributed by atoms with van der Waals surface area (Å²) in [5, 5.41) is 2.50. The first-order valence-electron chi connectivity index (χ1n) is 18.2. The molecule has 286 valence electrons. The molecule has 4 heteroatoms. The zero-order chi connectivity index (χ0) is 38.9. The summed E-state index contributed by atoms with van der Waals surface area (Å²) in [6.45, 7) is 3.05. The van der Waals surface area contributed by atoms with Gasteiger partial charge in [0.2, 0.25) is 0 Å². The van der Waals surface area contributed by atoms with E-state index in [0.717, 1.165) is 24.3 Å². The summed E-state index contributed by atoms with van der Waals surface area (Å²) in [5.74, 6) is 46.7. The Labute approximate surface area is 354 Å². The van der Waals surface area contributed by atoms with Gasteiger partial charge in [0.1, 0.15) is 17.6 Å². The zero-order valence-electron chi connectivity index (χ0n) is 31.0. The van der Waals surface area contributed by atoms with E-state index in [1.165, 1.54) is 80.4 Å². The molecule has 0 aliphatic rings. The molecule has 0 bridgehead atoms. The van der Waals surface area contributed by atoms with Crippen molar-refractivity contribution < 1.29 is 23.7 Å². The van der Waals surface area contributed by atoms with Gasteiger partial charge in [-0.15, -0.1) is 29.1 Å². The first-order chi connectivity index (χ1) is 27.7. The molecule has 0 aliphatic carbocycles. The Morgan fingerprint density at radius 1 is 0.482 bits per heavy atom. The van der Waals surface area contributed by atoms with Gasteiger partial charge in [-0.1, -0.05) is 51.9 Å². The Balaban J connectivity index is -0.000000900. The molecule has 5 aromatic rings. The second kappa shape index (κ2) is 23.4. The summed E-state index contributed by atoms with van der Waals surface area (Å²) in [6.07, 6.45) is 18.0. The molecule has 0 radical (unpaired) electrons. The molecule has 0 spiro atoms. The summed E-state index contributed by atoms with van der Waals surface area (Å²) in [5.41, 5.74) is 2.34. The van der Waals surface area contributed by atoms with Crippen molar-refractivity contribution >= 4 is 42.8 Å². The first kappa shape index (κ1) is 40.0. The molecule has 0 unspecified atom stereocenters. The fraction of sp³-hybridized carbons (Fsp3) is 0.192. The van der Waals surface area contributed by atoms with Gasteiger partial charge < -0.3 is 9.47 Å². The Morgan fingerprint density at radius 3 is 1.36 bits per heavy atom. The second-order valence-corrected chi connectivity index (χ2v) is 14.2. The highest BCUT2D eigenvalue weighted by atomic mass is 32.1. The van der Waals surface area contributed by atoms with Gasteiger partial charge in [0.15, 0.2) is 0 Å². The third kappa shape index (κ3) is 13.6. The van der Waals surface area contributed by atoms with Crippen LogP contribution >= 0.6 is 22.7 Å². The molecule has 0 fully saturated rings. The molecular formula is C52H54O2S2. The Bertz CT molecular complexity index is 2780. The van der Waals surface area contributed by atoms with Crippen LogP contribution in [0.15, 0.2) is 72.8 Å². The maximum absolute atomic E-state index is 6.03. The van der Waals surface area contributed by atoms with E-state index in [9.17, 15) is 0 Å².